The molecule has 0 saturated heterocycles. The second-order valence-electron chi connectivity index (χ2n) is 7.28. The number of hydrogen-bond donors (Lipinski definition) is 1. The molecule has 0 spiro atoms. The molecule has 1 N–H and O–H groups in total. The first-order valence-corrected chi connectivity index (χ1v) is 11.4. The topological polar surface area (TPSA) is 75.7 Å². The van der Waals surface area contributed by atoms with Crippen LogP contribution in [0.25, 0.3) is 0 Å². The van der Waals surface area contributed by atoms with Gasteiger partial charge in [0.25, 0.3) is 0 Å². The molecule has 0 heterocycles. The molecule has 2 aromatic rings. The smallest absolute Gasteiger partial charge is 0.244 e. The van der Waals surface area contributed by atoms with Crippen LogP contribution in [0.3, 0.4) is 0 Å². The van der Waals surface area contributed by atoms with Crippen LogP contribution < -0.4 is 14.4 Å². The summed E-state index contributed by atoms with van der Waals surface area (Å²) in [6.07, 6.45) is 1.49. The van der Waals surface area contributed by atoms with Crippen molar-refractivity contribution < 1.29 is 17.9 Å². The predicted molar refractivity (Wildman–Crippen MR) is 117 cm³/mol. The van der Waals surface area contributed by atoms with Crippen molar-refractivity contribution in [2.75, 3.05) is 17.7 Å². The largest absolute Gasteiger partial charge is 0.497 e. The molecule has 0 aromatic heterocycles. The maximum absolute atomic E-state index is 13.1. The summed E-state index contributed by atoms with van der Waals surface area (Å²) in [7, 11) is -2.07. The Morgan fingerprint density at radius 3 is 2.28 bits per heavy atom. The molecule has 0 bridgehead atoms. The van der Waals surface area contributed by atoms with Crippen molar-refractivity contribution in [3.8, 4) is 5.75 Å². The van der Waals surface area contributed by atoms with Crippen LogP contribution in [0.4, 0.5) is 5.69 Å². The monoisotopic (exact) mass is 418 g/mol. The molecular weight excluding hydrogens is 388 g/mol. The van der Waals surface area contributed by atoms with E-state index in [4.69, 9.17) is 4.74 Å². The van der Waals surface area contributed by atoms with Gasteiger partial charge in [-0.3, -0.25) is 9.10 Å². The minimum Gasteiger partial charge on any atom is -0.497 e. The summed E-state index contributed by atoms with van der Waals surface area (Å²) in [5.41, 5.74) is 3.18. The fraction of sp³-hybridized carbons (Fsp3) is 0.409. The van der Waals surface area contributed by atoms with Crippen LogP contribution in [0.2, 0.25) is 0 Å². The molecule has 29 heavy (non-hydrogen) atoms. The zero-order chi connectivity index (χ0) is 21.8. The van der Waals surface area contributed by atoms with Gasteiger partial charge >= 0.3 is 0 Å². The van der Waals surface area contributed by atoms with Gasteiger partial charge in [-0.25, -0.2) is 8.42 Å². The van der Waals surface area contributed by atoms with Crippen molar-refractivity contribution in [1.82, 2.24) is 5.32 Å². The molecule has 0 aliphatic carbocycles. The van der Waals surface area contributed by atoms with Crippen LogP contribution in [0.15, 0.2) is 42.5 Å². The zero-order valence-corrected chi connectivity index (χ0v) is 18.7. The average molecular weight is 419 g/mol. The van der Waals surface area contributed by atoms with Crippen molar-refractivity contribution in [2.24, 2.45) is 0 Å². The van der Waals surface area contributed by atoms with E-state index in [0.717, 1.165) is 28.7 Å². The van der Waals surface area contributed by atoms with Crippen molar-refractivity contribution in [2.45, 2.75) is 46.2 Å². The van der Waals surface area contributed by atoms with Gasteiger partial charge in [0.05, 0.1) is 25.1 Å². The number of carbonyl (C=O) groups excluding carboxylic acids is 1. The lowest BCUT2D eigenvalue weighted by Gasteiger charge is -2.32. The maximum Gasteiger partial charge on any atom is 0.244 e. The molecule has 2 aromatic carbocycles. The number of rotatable bonds is 8. The SMILES string of the molecule is CCC(C(=O)NC(C)c1ccc(OC)cc1)N(c1cc(C)ccc1C)S(C)(=O)=O. The Balaban J connectivity index is 2.34. The number of nitrogens with zero attached hydrogens (tertiary/aromatic N) is 1. The first kappa shape index (κ1) is 22.7. The van der Waals surface area contributed by atoms with E-state index in [9.17, 15) is 13.2 Å². The second kappa shape index (κ2) is 9.31. The van der Waals surface area contributed by atoms with Gasteiger partial charge < -0.3 is 10.1 Å². The highest BCUT2D eigenvalue weighted by Crippen LogP contribution is 2.28. The van der Waals surface area contributed by atoms with Gasteiger partial charge in [0.1, 0.15) is 11.8 Å². The van der Waals surface area contributed by atoms with E-state index >= 15 is 0 Å². The molecule has 2 atom stereocenters. The Bertz CT molecular complexity index is 955. The van der Waals surface area contributed by atoms with Crippen LogP contribution in [-0.4, -0.2) is 33.7 Å². The zero-order valence-electron chi connectivity index (χ0n) is 17.9. The number of nitrogens with one attached hydrogen (secondary N) is 1. The van der Waals surface area contributed by atoms with Crippen LogP contribution in [0.1, 0.15) is 43.0 Å². The van der Waals surface area contributed by atoms with Crippen molar-refractivity contribution in [3.63, 3.8) is 0 Å². The Kier molecular flexibility index (Phi) is 7.30. The maximum atomic E-state index is 13.1. The predicted octanol–water partition coefficient (Wildman–Crippen LogP) is 3.73. The van der Waals surface area contributed by atoms with E-state index in [0.29, 0.717) is 12.1 Å². The molecule has 0 radical (unpaired) electrons. The first-order chi connectivity index (χ1) is 13.6. The summed E-state index contributed by atoms with van der Waals surface area (Å²) < 4.78 is 31.7. The van der Waals surface area contributed by atoms with Crippen molar-refractivity contribution in [1.29, 1.82) is 0 Å². The van der Waals surface area contributed by atoms with Gasteiger partial charge in [-0.2, -0.15) is 0 Å². The van der Waals surface area contributed by atoms with E-state index in [2.05, 4.69) is 5.32 Å². The molecule has 0 fully saturated rings. The fourth-order valence-corrected chi connectivity index (χ4v) is 4.54. The minimum atomic E-state index is -3.67. The van der Waals surface area contributed by atoms with Gasteiger partial charge in [-0.05, 0) is 62.1 Å². The molecule has 0 aliphatic rings. The number of methoxy groups -OCH3 is 1. The number of amides is 1. The van der Waals surface area contributed by atoms with Gasteiger partial charge in [0.15, 0.2) is 0 Å². The summed E-state index contributed by atoms with van der Waals surface area (Å²) in [6.45, 7) is 7.43. The van der Waals surface area contributed by atoms with E-state index < -0.39 is 16.1 Å². The highest BCUT2D eigenvalue weighted by atomic mass is 32.2. The lowest BCUT2D eigenvalue weighted by Crippen LogP contribution is -2.50. The number of ether oxygens (including phenoxy) is 1. The quantitative estimate of drug-likeness (QED) is 0.709. The third-order valence-electron chi connectivity index (χ3n) is 4.91. The van der Waals surface area contributed by atoms with Gasteiger partial charge in [-0.1, -0.05) is 31.2 Å². The summed E-state index contributed by atoms with van der Waals surface area (Å²) in [4.78, 5) is 13.1. The number of carbonyl (C=O) groups is 1. The molecule has 2 unspecified atom stereocenters. The lowest BCUT2D eigenvalue weighted by atomic mass is 10.1. The Morgan fingerprint density at radius 1 is 1.14 bits per heavy atom. The molecule has 158 valence electrons. The second-order valence-corrected chi connectivity index (χ2v) is 9.14. The Morgan fingerprint density at radius 2 is 1.76 bits per heavy atom. The summed E-state index contributed by atoms with van der Waals surface area (Å²) in [5, 5.41) is 2.96. The standard InChI is InChI=1S/C22H30N2O4S/c1-7-20(22(25)23-17(4)18-10-12-19(28-5)13-11-18)24(29(6,26)27)21-14-15(2)8-9-16(21)3/h8-14,17,20H,7H2,1-6H3,(H,23,25). The van der Waals surface area contributed by atoms with E-state index in [1.165, 1.54) is 4.31 Å². The highest BCUT2D eigenvalue weighted by molar-refractivity contribution is 7.92. The minimum absolute atomic E-state index is 0.275. The molecule has 1 amide bonds. The summed E-state index contributed by atoms with van der Waals surface area (Å²) >= 11 is 0. The van der Waals surface area contributed by atoms with Crippen LogP contribution >= 0.6 is 0 Å². The number of hydrogen-bond acceptors (Lipinski definition) is 4. The Labute approximate surface area is 173 Å². The third-order valence-corrected chi connectivity index (χ3v) is 6.07. The van der Waals surface area contributed by atoms with Gasteiger partial charge in [0.2, 0.25) is 15.9 Å². The average Bonchev–Trinajstić information content (AvgIpc) is 2.67. The summed E-state index contributed by atoms with van der Waals surface area (Å²) in [5.74, 6) is 0.402. The molecule has 6 nitrogen and oxygen atoms in total. The van der Waals surface area contributed by atoms with Crippen molar-refractivity contribution in [3.05, 3.63) is 59.2 Å². The van der Waals surface area contributed by atoms with Crippen molar-refractivity contribution >= 4 is 21.6 Å². The molecule has 0 aliphatic heterocycles. The van der Waals surface area contributed by atoms with Crippen LogP contribution in [-0.2, 0) is 14.8 Å². The van der Waals surface area contributed by atoms with E-state index in [1.807, 2.05) is 64.1 Å². The number of anilines is 1. The van der Waals surface area contributed by atoms with Gasteiger partial charge in [-0.15, -0.1) is 0 Å². The third kappa shape index (κ3) is 5.50. The van der Waals surface area contributed by atoms with Gasteiger partial charge in [0, 0.05) is 0 Å². The normalized spacial score (nSPS) is 13.4. The number of aryl methyl sites for hydroxylation is 2. The number of benzene rings is 2. The van der Waals surface area contributed by atoms with Crippen LogP contribution in [0.5, 0.6) is 5.75 Å². The van der Waals surface area contributed by atoms with E-state index in [1.54, 1.807) is 13.2 Å². The van der Waals surface area contributed by atoms with Crippen LogP contribution in [0, 0.1) is 13.8 Å². The first-order valence-electron chi connectivity index (χ1n) is 9.59. The lowest BCUT2D eigenvalue weighted by molar-refractivity contribution is -0.122. The fourth-order valence-electron chi connectivity index (χ4n) is 3.28. The molecular formula is C22H30N2O4S. The number of sulfonamides is 1. The molecule has 7 heteroatoms. The Hall–Kier alpha value is -2.54. The highest BCUT2D eigenvalue weighted by Gasteiger charge is 2.33. The molecule has 2 rings (SSSR count). The summed E-state index contributed by atoms with van der Waals surface area (Å²) in [6, 6.07) is 11.9. The molecule has 0 saturated carbocycles. The van der Waals surface area contributed by atoms with E-state index in [-0.39, 0.29) is 11.9 Å².